The highest BCUT2D eigenvalue weighted by atomic mass is 127. The molecule has 1 N–H and O–H groups in total. The number of halogens is 1. The van der Waals surface area contributed by atoms with E-state index in [1.165, 1.54) is 11.3 Å². The molecule has 1 heterocycles. The average Bonchev–Trinajstić information content (AvgIpc) is 2.84. The molecule has 0 spiro atoms. The van der Waals surface area contributed by atoms with E-state index >= 15 is 0 Å². The van der Waals surface area contributed by atoms with Gasteiger partial charge in [0, 0.05) is 14.0 Å². The number of anilines is 1. The van der Waals surface area contributed by atoms with E-state index in [0.717, 1.165) is 28.4 Å². The van der Waals surface area contributed by atoms with Crippen LogP contribution in [0.3, 0.4) is 0 Å². The fourth-order valence-corrected chi connectivity index (χ4v) is 4.14. The van der Waals surface area contributed by atoms with Crippen LogP contribution in [0.1, 0.15) is 39.2 Å². The number of nitriles is 1. The van der Waals surface area contributed by atoms with Crippen molar-refractivity contribution in [3.63, 3.8) is 0 Å². The van der Waals surface area contributed by atoms with Gasteiger partial charge < -0.3 is 5.32 Å². The smallest absolute Gasteiger partial charge is 0.256 e. The van der Waals surface area contributed by atoms with Crippen molar-refractivity contribution in [2.45, 2.75) is 25.7 Å². The fraction of sp³-hybridized carbons (Fsp3) is 0.250. The van der Waals surface area contributed by atoms with E-state index in [1.807, 2.05) is 12.1 Å². The second kappa shape index (κ2) is 6.16. The van der Waals surface area contributed by atoms with Crippen LogP contribution >= 0.6 is 33.9 Å². The van der Waals surface area contributed by atoms with E-state index < -0.39 is 0 Å². The highest BCUT2D eigenvalue weighted by Gasteiger charge is 2.22. The molecule has 0 unspecified atom stereocenters. The van der Waals surface area contributed by atoms with Gasteiger partial charge >= 0.3 is 0 Å². The average molecular weight is 408 g/mol. The lowest BCUT2D eigenvalue weighted by Gasteiger charge is -2.09. The Kier molecular flexibility index (Phi) is 4.27. The molecule has 2 aromatic rings. The van der Waals surface area contributed by atoms with E-state index in [9.17, 15) is 10.1 Å². The van der Waals surface area contributed by atoms with E-state index in [2.05, 4.69) is 34.0 Å². The summed E-state index contributed by atoms with van der Waals surface area (Å²) in [4.78, 5) is 13.5. The van der Waals surface area contributed by atoms with Gasteiger partial charge in [-0.05, 0) is 78.1 Å². The molecule has 0 bridgehead atoms. The Labute approximate surface area is 141 Å². The van der Waals surface area contributed by atoms with Crippen LogP contribution < -0.4 is 5.32 Å². The van der Waals surface area contributed by atoms with Crippen LogP contribution in [-0.4, -0.2) is 5.91 Å². The first-order valence-electron chi connectivity index (χ1n) is 6.80. The Morgan fingerprint density at radius 1 is 1.24 bits per heavy atom. The summed E-state index contributed by atoms with van der Waals surface area (Å²) in [7, 11) is 0. The van der Waals surface area contributed by atoms with Crippen molar-refractivity contribution in [1.29, 1.82) is 5.26 Å². The molecule has 0 saturated heterocycles. The topological polar surface area (TPSA) is 52.9 Å². The standard InChI is InChI=1S/C16H13IN2OS/c17-11-7-5-10(6-8-11)15(20)19-16-13(9-18)12-3-1-2-4-14(12)21-16/h5-8H,1-4H2,(H,19,20). The van der Waals surface area contributed by atoms with Crippen molar-refractivity contribution >= 4 is 44.8 Å². The first kappa shape index (κ1) is 14.5. The van der Waals surface area contributed by atoms with Gasteiger partial charge in [-0.2, -0.15) is 5.26 Å². The number of aryl methyl sites for hydroxylation is 1. The van der Waals surface area contributed by atoms with E-state index in [1.54, 1.807) is 23.5 Å². The third-order valence-electron chi connectivity index (χ3n) is 3.62. The summed E-state index contributed by atoms with van der Waals surface area (Å²) in [6.45, 7) is 0. The summed E-state index contributed by atoms with van der Waals surface area (Å²) in [6.07, 6.45) is 4.27. The van der Waals surface area contributed by atoms with Gasteiger partial charge in [0.05, 0.1) is 5.56 Å². The number of carbonyl (C=O) groups is 1. The number of rotatable bonds is 2. The molecule has 106 valence electrons. The molecular weight excluding hydrogens is 395 g/mol. The number of benzene rings is 1. The van der Waals surface area contributed by atoms with Crippen molar-refractivity contribution in [3.8, 4) is 6.07 Å². The van der Waals surface area contributed by atoms with Gasteiger partial charge in [-0.3, -0.25) is 4.79 Å². The number of hydrogen-bond donors (Lipinski definition) is 1. The molecule has 3 nitrogen and oxygen atoms in total. The zero-order valence-electron chi connectivity index (χ0n) is 11.3. The Hall–Kier alpha value is -1.39. The minimum atomic E-state index is -0.151. The van der Waals surface area contributed by atoms with Crippen LogP contribution in [-0.2, 0) is 12.8 Å². The fourth-order valence-electron chi connectivity index (χ4n) is 2.55. The lowest BCUT2D eigenvalue weighted by atomic mass is 9.96. The molecule has 1 aliphatic rings. The molecule has 21 heavy (non-hydrogen) atoms. The van der Waals surface area contributed by atoms with Crippen molar-refractivity contribution in [2.24, 2.45) is 0 Å². The molecule has 1 aromatic carbocycles. The maximum atomic E-state index is 12.3. The number of nitrogens with one attached hydrogen (secondary N) is 1. The van der Waals surface area contributed by atoms with E-state index in [0.29, 0.717) is 16.1 Å². The molecule has 5 heteroatoms. The zero-order valence-corrected chi connectivity index (χ0v) is 14.3. The number of amides is 1. The minimum absolute atomic E-state index is 0.151. The maximum Gasteiger partial charge on any atom is 0.256 e. The van der Waals surface area contributed by atoms with Crippen molar-refractivity contribution < 1.29 is 4.79 Å². The Morgan fingerprint density at radius 3 is 2.67 bits per heavy atom. The third kappa shape index (κ3) is 2.97. The van der Waals surface area contributed by atoms with Crippen molar-refractivity contribution in [1.82, 2.24) is 0 Å². The molecule has 1 amide bonds. The molecule has 0 aliphatic heterocycles. The molecule has 0 saturated carbocycles. The van der Waals surface area contributed by atoms with Crippen molar-refractivity contribution in [2.75, 3.05) is 5.32 Å². The van der Waals surface area contributed by atoms with Crippen LogP contribution in [0.4, 0.5) is 5.00 Å². The molecule has 0 radical (unpaired) electrons. The number of thiophene rings is 1. The van der Waals surface area contributed by atoms with Gasteiger partial charge in [0.1, 0.15) is 11.1 Å². The van der Waals surface area contributed by atoms with E-state index in [-0.39, 0.29) is 5.91 Å². The molecule has 0 atom stereocenters. The predicted molar refractivity (Wildman–Crippen MR) is 92.8 cm³/mol. The summed E-state index contributed by atoms with van der Waals surface area (Å²) in [5, 5.41) is 13.0. The first-order valence-corrected chi connectivity index (χ1v) is 8.70. The Balaban J connectivity index is 1.88. The van der Waals surface area contributed by atoms with Gasteiger partial charge in [0.15, 0.2) is 0 Å². The number of nitrogens with zero attached hydrogens (tertiary/aromatic N) is 1. The minimum Gasteiger partial charge on any atom is -0.312 e. The number of hydrogen-bond acceptors (Lipinski definition) is 3. The van der Waals surface area contributed by atoms with Crippen LogP contribution in [0, 0.1) is 14.9 Å². The number of fused-ring (bicyclic) bond motifs is 1. The molecule has 3 rings (SSSR count). The summed E-state index contributed by atoms with van der Waals surface area (Å²) in [6, 6.07) is 9.67. The third-order valence-corrected chi connectivity index (χ3v) is 5.54. The number of carbonyl (C=O) groups excluding carboxylic acids is 1. The van der Waals surface area contributed by atoms with Gasteiger partial charge in [-0.25, -0.2) is 0 Å². The maximum absolute atomic E-state index is 12.3. The van der Waals surface area contributed by atoms with E-state index in [4.69, 9.17) is 0 Å². The summed E-state index contributed by atoms with van der Waals surface area (Å²) < 4.78 is 1.09. The van der Waals surface area contributed by atoms with Gasteiger partial charge in [0.25, 0.3) is 5.91 Å². The van der Waals surface area contributed by atoms with Crippen LogP contribution in [0.15, 0.2) is 24.3 Å². The van der Waals surface area contributed by atoms with Crippen LogP contribution in [0.25, 0.3) is 0 Å². The molecular formula is C16H13IN2OS. The van der Waals surface area contributed by atoms with Gasteiger partial charge in [0.2, 0.25) is 0 Å². The quantitative estimate of drug-likeness (QED) is 0.751. The largest absolute Gasteiger partial charge is 0.312 e. The van der Waals surface area contributed by atoms with Gasteiger partial charge in [-0.15, -0.1) is 11.3 Å². The van der Waals surface area contributed by atoms with Gasteiger partial charge in [-0.1, -0.05) is 0 Å². The predicted octanol–water partition coefficient (Wildman–Crippen LogP) is 4.36. The Bertz CT molecular complexity index is 728. The SMILES string of the molecule is N#Cc1c(NC(=O)c2ccc(I)cc2)sc2c1CCCC2. The molecule has 1 aromatic heterocycles. The summed E-state index contributed by atoms with van der Waals surface area (Å²) >= 11 is 3.76. The summed E-state index contributed by atoms with van der Waals surface area (Å²) in [5.74, 6) is -0.151. The zero-order chi connectivity index (χ0) is 14.8. The summed E-state index contributed by atoms with van der Waals surface area (Å²) in [5.41, 5.74) is 2.42. The van der Waals surface area contributed by atoms with Crippen LogP contribution in [0.5, 0.6) is 0 Å². The monoisotopic (exact) mass is 408 g/mol. The van der Waals surface area contributed by atoms with Crippen LogP contribution in [0.2, 0.25) is 0 Å². The molecule has 0 fully saturated rings. The normalized spacial score (nSPS) is 13.3. The Morgan fingerprint density at radius 2 is 1.95 bits per heavy atom. The first-order chi connectivity index (χ1) is 10.2. The van der Waals surface area contributed by atoms with Crippen molar-refractivity contribution in [3.05, 3.63) is 49.4 Å². The molecule has 1 aliphatic carbocycles. The highest BCUT2D eigenvalue weighted by molar-refractivity contribution is 14.1. The lowest BCUT2D eigenvalue weighted by molar-refractivity contribution is 0.102. The lowest BCUT2D eigenvalue weighted by Crippen LogP contribution is -2.11. The second-order valence-corrected chi connectivity index (χ2v) is 7.34. The second-order valence-electron chi connectivity index (χ2n) is 4.99. The highest BCUT2D eigenvalue weighted by Crippen LogP contribution is 2.37.